The normalized spacial score (nSPS) is 31.8. The lowest BCUT2D eigenvalue weighted by Crippen LogP contribution is -2.36. The summed E-state index contributed by atoms with van der Waals surface area (Å²) in [6.45, 7) is -0.527. The highest BCUT2D eigenvalue weighted by Gasteiger charge is 2.43. The molecule has 0 aromatic carbocycles. The Hall–Kier alpha value is -1.48. The summed E-state index contributed by atoms with van der Waals surface area (Å²) >= 11 is 0. The summed E-state index contributed by atoms with van der Waals surface area (Å²) in [6.07, 6.45) is -3.94. The molecule has 0 saturated carbocycles. The first-order chi connectivity index (χ1) is 8.47. The molecular weight excluding hydrogens is 247 g/mol. The average Bonchev–Trinajstić information content (AvgIpc) is 2.64. The fourth-order valence-corrected chi connectivity index (χ4v) is 1.85. The molecule has 1 aliphatic rings. The van der Waals surface area contributed by atoms with Crippen molar-refractivity contribution < 1.29 is 24.4 Å². The van der Waals surface area contributed by atoms with Crippen molar-refractivity contribution in [2.24, 2.45) is 0 Å². The average molecular weight is 260 g/mol. The molecule has 0 amide bonds. The van der Waals surface area contributed by atoms with Crippen LogP contribution in [0.15, 0.2) is 17.1 Å². The van der Waals surface area contributed by atoms with Crippen LogP contribution >= 0.6 is 0 Å². The summed E-state index contributed by atoms with van der Waals surface area (Å²) < 4.78 is 19.2. The number of anilines is 1. The number of nitrogens with zero attached hydrogens (tertiary/aromatic N) is 1. The minimum Gasteiger partial charge on any atom is -0.396 e. The Bertz CT molecular complexity index is 506. The molecular formula is C10H13FN2O5. The van der Waals surface area contributed by atoms with E-state index in [-0.39, 0.29) is 5.69 Å². The van der Waals surface area contributed by atoms with E-state index in [0.29, 0.717) is 0 Å². The summed E-state index contributed by atoms with van der Waals surface area (Å²) in [5.74, 6) is -1.16. The van der Waals surface area contributed by atoms with Crippen molar-refractivity contribution in [2.45, 2.75) is 24.5 Å². The van der Waals surface area contributed by atoms with Gasteiger partial charge in [-0.05, 0) is 6.07 Å². The highest BCUT2D eigenvalue weighted by molar-refractivity contribution is 5.36. The van der Waals surface area contributed by atoms with Gasteiger partial charge >= 0.3 is 0 Å². The predicted octanol–water partition coefficient (Wildman–Crippen LogP) is -1.82. The van der Waals surface area contributed by atoms with E-state index in [9.17, 15) is 19.4 Å². The van der Waals surface area contributed by atoms with Gasteiger partial charge in [-0.25, -0.2) is 0 Å². The summed E-state index contributed by atoms with van der Waals surface area (Å²) in [4.78, 5) is 11.6. The molecule has 2 heterocycles. The van der Waals surface area contributed by atoms with Gasteiger partial charge in [0.1, 0.15) is 18.3 Å². The van der Waals surface area contributed by atoms with E-state index in [1.165, 1.54) is 0 Å². The molecule has 18 heavy (non-hydrogen) atoms. The number of ether oxygens (including phenoxy) is 1. The van der Waals surface area contributed by atoms with E-state index in [1.54, 1.807) is 0 Å². The van der Waals surface area contributed by atoms with E-state index >= 15 is 0 Å². The predicted molar refractivity (Wildman–Crippen MR) is 58.1 cm³/mol. The van der Waals surface area contributed by atoms with Crippen LogP contribution in [0.25, 0.3) is 0 Å². The van der Waals surface area contributed by atoms with Gasteiger partial charge in [0, 0.05) is 6.20 Å². The van der Waals surface area contributed by atoms with Crippen LogP contribution in [-0.4, -0.2) is 44.8 Å². The number of pyridine rings is 1. The maximum atomic E-state index is 13.3. The van der Waals surface area contributed by atoms with Crippen molar-refractivity contribution >= 4 is 5.69 Å². The largest absolute Gasteiger partial charge is 0.396 e. The quantitative estimate of drug-likeness (QED) is 0.497. The molecule has 1 unspecified atom stereocenters. The zero-order valence-electron chi connectivity index (χ0n) is 9.23. The second-order valence-corrected chi connectivity index (χ2v) is 4.03. The van der Waals surface area contributed by atoms with Crippen LogP contribution in [0.4, 0.5) is 10.1 Å². The molecule has 7 nitrogen and oxygen atoms in total. The van der Waals surface area contributed by atoms with Crippen LogP contribution in [0.3, 0.4) is 0 Å². The lowest BCUT2D eigenvalue weighted by molar-refractivity contribution is -0.0548. The Kier molecular flexibility index (Phi) is 3.35. The van der Waals surface area contributed by atoms with Crippen LogP contribution < -0.4 is 11.3 Å². The van der Waals surface area contributed by atoms with Gasteiger partial charge in [-0.15, -0.1) is 0 Å². The molecule has 1 saturated heterocycles. The van der Waals surface area contributed by atoms with E-state index in [1.807, 2.05) is 0 Å². The third-order valence-electron chi connectivity index (χ3n) is 2.88. The molecule has 8 heteroatoms. The minimum atomic E-state index is -1.44. The van der Waals surface area contributed by atoms with Gasteiger partial charge in [-0.2, -0.15) is 4.39 Å². The highest BCUT2D eigenvalue weighted by atomic mass is 19.1. The summed E-state index contributed by atoms with van der Waals surface area (Å²) in [7, 11) is 0. The van der Waals surface area contributed by atoms with Gasteiger partial charge in [0.25, 0.3) is 5.56 Å². The van der Waals surface area contributed by atoms with Crippen LogP contribution in [0.5, 0.6) is 0 Å². The van der Waals surface area contributed by atoms with Crippen molar-refractivity contribution in [2.75, 3.05) is 12.3 Å². The molecule has 5 N–H and O–H groups in total. The van der Waals surface area contributed by atoms with Crippen LogP contribution in [-0.2, 0) is 4.74 Å². The topological polar surface area (TPSA) is 118 Å². The monoisotopic (exact) mass is 260 g/mol. The molecule has 1 aromatic rings. The van der Waals surface area contributed by atoms with Gasteiger partial charge < -0.3 is 25.8 Å². The molecule has 2 rings (SSSR count). The van der Waals surface area contributed by atoms with Crippen molar-refractivity contribution in [1.82, 2.24) is 4.57 Å². The Balaban J connectivity index is 2.39. The van der Waals surface area contributed by atoms with Crippen molar-refractivity contribution in [3.63, 3.8) is 0 Å². The zero-order valence-corrected chi connectivity index (χ0v) is 9.23. The third kappa shape index (κ3) is 1.89. The molecule has 1 aromatic heterocycles. The smallest absolute Gasteiger partial charge is 0.290 e. The number of hydrogen-bond acceptors (Lipinski definition) is 6. The van der Waals surface area contributed by atoms with Crippen molar-refractivity contribution in [3.05, 3.63) is 28.4 Å². The first-order valence-electron chi connectivity index (χ1n) is 5.26. The maximum absolute atomic E-state index is 13.3. The number of aliphatic hydroxyl groups excluding tert-OH is 3. The number of aliphatic hydroxyl groups is 3. The molecule has 100 valence electrons. The van der Waals surface area contributed by atoms with Gasteiger partial charge in [0.2, 0.25) is 5.82 Å². The number of rotatable bonds is 2. The first-order valence-corrected chi connectivity index (χ1v) is 5.26. The Morgan fingerprint density at radius 2 is 2.11 bits per heavy atom. The fourth-order valence-electron chi connectivity index (χ4n) is 1.85. The molecule has 4 atom stereocenters. The second kappa shape index (κ2) is 4.65. The minimum absolute atomic E-state index is 0.317. The van der Waals surface area contributed by atoms with Gasteiger partial charge in [0.15, 0.2) is 6.23 Å². The SMILES string of the molecule is Nc1ccn(C2O[C@H](CO)[C@@H](O)[C@H]2O)c(=O)c1F. The summed E-state index contributed by atoms with van der Waals surface area (Å²) in [5.41, 5.74) is 3.84. The summed E-state index contributed by atoms with van der Waals surface area (Å²) in [6, 6.07) is 1.14. The number of hydrogen-bond donors (Lipinski definition) is 4. The van der Waals surface area contributed by atoms with E-state index in [4.69, 9.17) is 15.6 Å². The standard InChI is InChI=1S/C10H13FN2O5/c11-6-4(12)1-2-13(9(6)17)10-8(16)7(15)5(3-14)18-10/h1-2,5,7-8,10,14-16H,3,12H2/t5-,7-,8-,10?/m1/s1. The van der Waals surface area contributed by atoms with Crippen molar-refractivity contribution in [1.29, 1.82) is 0 Å². The molecule has 1 aliphatic heterocycles. The van der Waals surface area contributed by atoms with Crippen LogP contribution in [0, 0.1) is 5.82 Å². The van der Waals surface area contributed by atoms with Crippen LogP contribution in [0.1, 0.15) is 6.23 Å². The van der Waals surface area contributed by atoms with E-state index in [2.05, 4.69) is 0 Å². The van der Waals surface area contributed by atoms with Crippen LogP contribution in [0.2, 0.25) is 0 Å². The van der Waals surface area contributed by atoms with Gasteiger partial charge in [0.05, 0.1) is 12.3 Å². The Morgan fingerprint density at radius 3 is 2.67 bits per heavy atom. The number of aromatic nitrogens is 1. The number of nitrogen functional groups attached to an aromatic ring is 1. The molecule has 0 spiro atoms. The lowest BCUT2D eigenvalue weighted by Gasteiger charge is -2.17. The zero-order chi connectivity index (χ0) is 13.4. The highest BCUT2D eigenvalue weighted by Crippen LogP contribution is 2.28. The first kappa shape index (κ1) is 13.0. The lowest BCUT2D eigenvalue weighted by atomic mass is 10.1. The maximum Gasteiger partial charge on any atom is 0.290 e. The van der Waals surface area contributed by atoms with Crippen molar-refractivity contribution in [3.8, 4) is 0 Å². The molecule has 1 fully saturated rings. The molecule has 0 bridgehead atoms. The number of nitrogens with two attached hydrogens (primary N) is 1. The Morgan fingerprint density at radius 1 is 1.44 bits per heavy atom. The van der Waals surface area contributed by atoms with Gasteiger partial charge in [-0.1, -0.05) is 0 Å². The third-order valence-corrected chi connectivity index (χ3v) is 2.88. The second-order valence-electron chi connectivity index (χ2n) is 4.03. The summed E-state index contributed by atoms with van der Waals surface area (Å²) in [5, 5.41) is 28.1. The van der Waals surface area contributed by atoms with E-state index in [0.717, 1.165) is 16.8 Å². The van der Waals surface area contributed by atoms with Gasteiger partial charge in [-0.3, -0.25) is 9.36 Å². The number of halogens is 1. The fraction of sp³-hybridized carbons (Fsp3) is 0.500. The Labute approximate surface area is 101 Å². The molecule has 0 radical (unpaired) electrons. The van der Waals surface area contributed by atoms with E-state index < -0.39 is 42.5 Å². The molecule has 0 aliphatic carbocycles.